The number of hydrogen-bond acceptors (Lipinski definition) is 3. The second kappa shape index (κ2) is 11.2. The van der Waals surface area contributed by atoms with E-state index in [1.165, 1.54) is 5.56 Å². The molecule has 1 amide bonds. The normalized spacial score (nSPS) is 12.0. The van der Waals surface area contributed by atoms with Gasteiger partial charge in [-0.15, -0.1) is 0 Å². The standard InChI is InChI=1S/C36H31N3O2/c1-3-26-17-21-31(22-18-26)39-34(37-33-16-10-9-15-32(33)36(39)41)25(2)38(24-27-11-5-4-6-12-27)35(40)30-20-19-28-13-7-8-14-29(28)23-30/h4-23,25H,3,24H2,1-2H3. The molecule has 5 heteroatoms. The van der Waals surface area contributed by atoms with Gasteiger partial charge in [0, 0.05) is 12.1 Å². The fourth-order valence-corrected chi connectivity index (χ4v) is 5.35. The first-order chi connectivity index (χ1) is 20.0. The molecule has 0 aliphatic carbocycles. The van der Waals surface area contributed by atoms with Crippen LogP contribution in [-0.4, -0.2) is 20.4 Å². The molecule has 0 radical (unpaired) electrons. The van der Waals surface area contributed by atoms with Crippen LogP contribution in [0.25, 0.3) is 27.4 Å². The minimum absolute atomic E-state index is 0.123. The largest absolute Gasteiger partial charge is 0.324 e. The third-order valence-electron chi connectivity index (χ3n) is 7.70. The number of fused-ring (bicyclic) bond motifs is 2. The Morgan fingerprint density at radius 1 is 0.780 bits per heavy atom. The number of rotatable bonds is 7. The Labute approximate surface area is 239 Å². The molecule has 0 spiro atoms. The van der Waals surface area contributed by atoms with E-state index >= 15 is 0 Å². The molecule has 0 aliphatic rings. The van der Waals surface area contributed by atoms with Gasteiger partial charge >= 0.3 is 0 Å². The van der Waals surface area contributed by atoms with Gasteiger partial charge in [-0.25, -0.2) is 4.98 Å². The summed E-state index contributed by atoms with van der Waals surface area (Å²) in [6, 6.07) is 38.6. The second-order valence-electron chi connectivity index (χ2n) is 10.3. The smallest absolute Gasteiger partial charge is 0.266 e. The van der Waals surface area contributed by atoms with E-state index in [1.54, 1.807) is 10.6 Å². The quantitative estimate of drug-likeness (QED) is 0.212. The Hall–Kier alpha value is -5.03. The average molecular weight is 538 g/mol. The highest BCUT2D eigenvalue weighted by atomic mass is 16.2. The third-order valence-corrected chi connectivity index (χ3v) is 7.70. The number of aryl methyl sites for hydroxylation is 1. The van der Waals surface area contributed by atoms with Crippen LogP contribution in [0.15, 0.2) is 126 Å². The van der Waals surface area contributed by atoms with Gasteiger partial charge in [0.25, 0.3) is 11.5 Å². The molecule has 6 aromatic rings. The van der Waals surface area contributed by atoms with Gasteiger partial charge in [0.2, 0.25) is 0 Å². The van der Waals surface area contributed by atoms with E-state index in [2.05, 4.69) is 6.92 Å². The summed E-state index contributed by atoms with van der Waals surface area (Å²) >= 11 is 0. The molecule has 5 aromatic carbocycles. The predicted octanol–water partition coefficient (Wildman–Crippen LogP) is 7.50. The topological polar surface area (TPSA) is 55.2 Å². The molecule has 0 bridgehead atoms. The maximum Gasteiger partial charge on any atom is 0.266 e. The van der Waals surface area contributed by atoms with E-state index in [0.29, 0.717) is 28.8 Å². The lowest BCUT2D eigenvalue weighted by atomic mass is 10.0. The number of benzene rings is 5. The Bertz CT molecular complexity index is 1910. The molecule has 6 rings (SSSR count). The summed E-state index contributed by atoms with van der Waals surface area (Å²) in [7, 11) is 0. The van der Waals surface area contributed by atoms with Crippen molar-refractivity contribution in [1.82, 2.24) is 14.5 Å². The van der Waals surface area contributed by atoms with Crippen molar-refractivity contribution in [3.8, 4) is 5.69 Å². The van der Waals surface area contributed by atoms with E-state index in [9.17, 15) is 9.59 Å². The van der Waals surface area contributed by atoms with Crippen LogP contribution < -0.4 is 5.56 Å². The third kappa shape index (κ3) is 5.14. The first-order valence-corrected chi connectivity index (χ1v) is 14.0. The van der Waals surface area contributed by atoms with E-state index in [4.69, 9.17) is 4.98 Å². The Morgan fingerprint density at radius 3 is 2.22 bits per heavy atom. The molecule has 0 saturated carbocycles. The van der Waals surface area contributed by atoms with Gasteiger partial charge in [0.05, 0.1) is 22.6 Å². The molecule has 0 N–H and O–H groups in total. The highest BCUT2D eigenvalue weighted by Gasteiger charge is 2.28. The number of amides is 1. The fourth-order valence-electron chi connectivity index (χ4n) is 5.35. The number of carbonyl (C=O) groups excluding carboxylic acids is 1. The maximum atomic E-state index is 14.3. The Kier molecular flexibility index (Phi) is 7.17. The van der Waals surface area contributed by atoms with E-state index in [0.717, 1.165) is 28.4 Å². The van der Waals surface area contributed by atoms with Crippen molar-refractivity contribution in [3.05, 3.63) is 154 Å². The SMILES string of the molecule is CCc1ccc(-n2c(C(C)N(Cc3ccccc3)C(=O)c3ccc4ccccc4c3)nc3ccccc3c2=O)cc1. The molecule has 1 unspecified atom stereocenters. The number of nitrogens with zero attached hydrogens (tertiary/aromatic N) is 3. The Balaban J connectivity index is 1.52. The van der Waals surface area contributed by atoms with Crippen LogP contribution in [0.1, 0.15) is 47.2 Å². The zero-order valence-corrected chi connectivity index (χ0v) is 23.2. The summed E-state index contributed by atoms with van der Waals surface area (Å²) in [6.45, 7) is 4.42. The lowest BCUT2D eigenvalue weighted by Crippen LogP contribution is -2.37. The van der Waals surface area contributed by atoms with Gasteiger partial charge in [-0.3, -0.25) is 14.2 Å². The summed E-state index contributed by atoms with van der Waals surface area (Å²) in [5.74, 6) is 0.394. The molecule has 1 heterocycles. The van der Waals surface area contributed by atoms with Crippen LogP contribution in [0.2, 0.25) is 0 Å². The summed E-state index contributed by atoms with van der Waals surface area (Å²) in [5.41, 5.74) is 3.95. The molecule has 0 aliphatic heterocycles. The maximum absolute atomic E-state index is 14.3. The van der Waals surface area contributed by atoms with Crippen LogP contribution in [0.4, 0.5) is 0 Å². The molecule has 41 heavy (non-hydrogen) atoms. The highest BCUT2D eigenvalue weighted by Crippen LogP contribution is 2.27. The summed E-state index contributed by atoms with van der Waals surface area (Å²) in [5, 5.41) is 2.62. The second-order valence-corrected chi connectivity index (χ2v) is 10.3. The van der Waals surface area contributed by atoms with Crippen LogP contribution in [0.3, 0.4) is 0 Å². The number of aromatic nitrogens is 2. The zero-order valence-electron chi connectivity index (χ0n) is 23.2. The number of hydrogen-bond donors (Lipinski definition) is 0. The van der Waals surface area contributed by atoms with Gasteiger partial charge in [-0.2, -0.15) is 0 Å². The molecule has 1 atom stereocenters. The molecule has 5 nitrogen and oxygen atoms in total. The van der Waals surface area contributed by atoms with Crippen LogP contribution in [0, 0.1) is 0 Å². The van der Waals surface area contributed by atoms with E-state index < -0.39 is 6.04 Å². The van der Waals surface area contributed by atoms with Crippen LogP contribution in [0.5, 0.6) is 0 Å². The summed E-state index contributed by atoms with van der Waals surface area (Å²) in [6.07, 6.45) is 0.902. The molecule has 202 valence electrons. The van der Waals surface area contributed by atoms with Gasteiger partial charge in [-0.05, 0) is 71.6 Å². The highest BCUT2D eigenvalue weighted by molar-refractivity contribution is 5.98. The van der Waals surface area contributed by atoms with Crippen molar-refractivity contribution in [2.45, 2.75) is 32.9 Å². The van der Waals surface area contributed by atoms with Crippen molar-refractivity contribution >= 4 is 27.6 Å². The summed E-state index contributed by atoms with van der Waals surface area (Å²) < 4.78 is 1.66. The van der Waals surface area contributed by atoms with Gasteiger partial charge in [0.1, 0.15) is 5.82 Å². The monoisotopic (exact) mass is 537 g/mol. The van der Waals surface area contributed by atoms with Crippen molar-refractivity contribution < 1.29 is 4.79 Å². The number of para-hydroxylation sites is 1. The van der Waals surface area contributed by atoms with Gasteiger partial charge in [0.15, 0.2) is 0 Å². The van der Waals surface area contributed by atoms with Crippen molar-refractivity contribution in [3.63, 3.8) is 0 Å². The first-order valence-electron chi connectivity index (χ1n) is 14.0. The van der Waals surface area contributed by atoms with Crippen molar-refractivity contribution in [1.29, 1.82) is 0 Å². The first kappa shape index (κ1) is 26.2. The molecule has 0 saturated heterocycles. The van der Waals surface area contributed by atoms with Crippen molar-refractivity contribution in [2.24, 2.45) is 0 Å². The van der Waals surface area contributed by atoms with Crippen LogP contribution in [-0.2, 0) is 13.0 Å². The zero-order chi connectivity index (χ0) is 28.3. The van der Waals surface area contributed by atoms with Crippen LogP contribution >= 0.6 is 0 Å². The number of carbonyl (C=O) groups is 1. The van der Waals surface area contributed by atoms with Gasteiger partial charge in [-0.1, -0.05) is 91.9 Å². The lowest BCUT2D eigenvalue weighted by Gasteiger charge is -2.31. The molecule has 0 fully saturated rings. The Morgan fingerprint density at radius 2 is 1.46 bits per heavy atom. The lowest BCUT2D eigenvalue weighted by molar-refractivity contribution is 0.0664. The van der Waals surface area contributed by atoms with Crippen molar-refractivity contribution in [2.75, 3.05) is 0 Å². The minimum Gasteiger partial charge on any atom is -0.324 e. The molecular weight excluding hydrogens is 506 g/mol. The molecular formula is C36H31N3O2. The summed E-state index contributed by atoms with van der Waals surface area (Å²) in [4.78, 5) is 35.1. The average Bonchev–Trinajstić information content (AvgIpc) is 3.03. The van der Waals surface area contributed by atoms with Gasteiger partial charge < -0.3 is 4.90 Å². The van der Waals surface area contributed by atoms with E-state index in [-0.39, 0.29) is 11.5 Å². The fraction of sp³-hybridized carbons (Fsp3) is 0.139. The predicted molar refractivity (Wildman–Crippen MR) is 165 cm³/mol. The van der Waals surface area contributed by atoms with E-state index in [1.807, 2.05) is 127 Å². The minimum atomic E-state index is -0.516. The molecule has 1 aromatic heterocycles.